The molecule has 170 valence electrons. The third-order valence-corrected chi connectivity index (χ3v) is 7.22. The predicted octanol–water partition coefficient (Wildman–Crippen LogP) is 7.37. The second-order valence-electron chi connectivity index (χ2n) is 9.02. The number of aromatic nitrogens is 1. The van der Waals surface area contributed by atoms with E-state index in [2.05, 4.69) is 39.9 Å². The SMILES string of the molecule is Cc1c(C)c(C)c(Cc2ccc(C(=O)Nc3c4ccccc4nc4ccccc34)o2)c(C)c1C. The molecule has 0 spiro atoms. The van der Waals surface area contributed by atoms with Crippen LogP contribution in [0.1, 0.15) is 49.7 Å². The van der Waals surface area contributed by atoms with Crippen molar-refractivity contribution in [1.82, 2.24) is 4.98 Å². The van der Waals surface area contributed by atoms with Gasteiger partial charge in [-0.15, -0.1) is 0 Å². The molecule has 1 N–H and O–H groups in total. The van der Waals surface area contributed by atoms with Gasteiger partial charge in [-0.25, -0.2) is 4.98 Å². The van der Waals surface area contributed by atoms with Gasteiger partial charge >= 0.3 is 0 Å². The summed E-state index contributed by atoms with van der Waals surface area (Å²) in [6, 6.07) is 19.3. The molecular formula is C30H28N2O2. The Labute approximate surface area is 199 Å². The minimum atomic E-state index is -0.266. The summed E-state index contributed by atoms with van der Waals surface area (Å²) in [6.45, 7) is 10.9. The highest BCUT2D eigenvalue weighted by Crippen LogP contribution is 2.32. The minimum absolute atomic E-state index is 0.266. The standard InChI is InChI=1S/C30H28N2O2/c1-17-18(2)20(4)25(21(5)19(17)3)16-22-14-15-28(34-22)30(33)32-29-23-10-6-8-12-26(23)31-27-13-9-7-11-24(27)29/h6-15H,16H2,1-5H3,(H,31,32,33). The lowest BCUT2D eigenvalue weighted by atomic mass is 9.88. The molecule has 0 radical (unpaired) electrons. The van der Waals surface area contributed by atoms with Gasteiger partial charge in [0.25, 0.3) is 5.91 Å². The molecule has 3 aromatic carbocycles. The number of hydrogen-bond acceptors (Lipinski definition) is 3. The van der Waals surface area contributed by atoms with Gasteiger partial charge in [-0.3, -0.25) is 4.79 Å². The first-order chi connectivity index (χ1) is 16.3. The van der Waals surface area contributed by atoms with E-state index < -0.39 is 0 Å². The molecule has 0 bridgehead atoms. The van der Waals surface area contributed by atoms with Crippen LogP contribution in [0.15, 0.2) is 65.1 Å². The van der Waals surface area contributed by atoms with Crippen molar-refractivity contribution in [2.75, 3.05) is 5.32 Å². The van der Waals surface area contributed by atoms with Gasteiger partial charge in [0.2, 0.25) is 0 Å². The molecule has 2 heterocycles. The van der Waals surface area contributed by atoms with Crippen molar-refractivity contribution in [3.8, 4) is 0 Å². The van der Waals surface area contributed by atoms with E-state index in [0.29, 0.717) is 12.2 Å². The van der Waals surface area contributed by atoms with Crippen LogP contribution in [-0.2, 0) is 6.42 Å². The molecule has 0 fully saturated rings. The van der Waals surface area contributed by atoms with Crippen molar-refractivity contribution in [2.24, 2.45) is 0 Å². The Balaban J connectivity index is 1.48. The Morgan fingerprint density at radius 2 is 1.26 bits per heavy atom. The molecule has 0 aliphatic rings. The van der Waals surface area contributed by atoms with E-state index in [1.807, 2.05) is 54.6 Å². The number of amides is 1. The number of pyridine rings is 1. The molecule has 4 heteroatoms. The van der Waals surface area contributed by atoms with Gasteiger partial charge in [-0.2, -0.15) is 0 Å². The first-order valence-electron chi connectivity index (χ1n) is 11.6. The van der Waals surface area contributed by atoms with Crippen LogP contribution in [0.3, 0.4) is 0 Å². The van der Waals surface area contributed by atoms with Gasteiger partial charge in [0.15, 0.2) is 5.76 Å². The number of benzene rings is 3. The molecule has 2 aromatic heterocycles. The van der Waals surface area contributed by atoms with Gasteiger partial charge in [0.05, 0.1) is 16.7 Å². The van der Waals surface area contributed by atoms with Crippen LogP contribution in [0.2, 0.25) is 0 Å². The highest BCUT2D eigenvalue weighted by atomic mass is 16.3. The first-order valence-corrected chi connectivity index (χ1v) is 11.6. The van der Waals surface area contributed by atoms with Crippen molar-refractivity contribution in [2.45, 2.75) is 41.0 Å². The lowest BCUT2D eigenvalue weighted by Crippen LogP contribution is -2.12. The number of hydrogen-bond donors (Lipinski definition) is 1. The van der Waals surface area contributed by atoms with E-state index in [9.17, 15) is 4.79 Å². The predicted molar refractivity (Wildman–Crippen MR) is 139 cm³/mol. The molecule has 0 saturated carbocycles. The second-order valence-corrected chi connectivity index (χ2v) is 9.02. The average Bonchev–Trinajstić information content (AvgIpc) is 3.33. The number of nitrogens with one attached hydrogen (secondary N) is 1. The maximum Gasteiger partial charge on any atom is 0.291 e. The normalized spacial score (nSPS) is 11.3. The van der Waals surface area contributed by atoms with Crippen LogP contribution in [0, 0.1) is 34.6 Å². The fourth-order valence-corrected chi connectivity index (χ4v) is 4.76. The van der Waals surface area contributed by atoms with Crippen molar-refractivity contribution in [1.29, 1.82) is 0 Å². The number of carbonyl (C=O) groups is 1. The van der Waals surface area contributed by atoms with Crippen molar-refractivity contribution in [3.63, 3.8) is 0 Å². The number of furan rings is 1. The van der Waals surface area contributed by atoms with Gasteiger partial charge < -0.3 is 9.73 Å². The van der Waals surface area contributed by atoms with Crippen molar-refractivity contribution in [3.05, 3.63) is 106 Å². The summed E-state index contributed by atoms with van der Waals surface area (Å²) in [6.07, 6.45) is 0.661. The molecule has 34 heavy (non-hydrogen) atoms. The maximum atomic E-state index is 13.2. The summed E-state index contributed by atoms with van der Waals surface area (Å²) < 4.78 is 6.04. The minimum Gasteiger partial charge on any atom is -0.456 e. The molecule has 1 amide bonds. The topological polar surface area (TPSA) is 55.1 Å². The van der Waals surface area contributed by atoms with E-state index in [-0.39, 0.29) is 5.91 Å². The molecule has 5 rings (SSSR count). The number of anilines is 1. The Hall–Kier alpha value is -3.92. The second kappa shape index (κ2) is 8.45. The summed E-state index contributed by atoms with van der Waals surface area (Å²) >= 11 is 0. The number of fused-ring (bicyclic) bond motifs is 2. The van der Waals surface area contributed by atoms with Crippen LogP contribution in [-0.4, -0.2) is 10.9 Å². The number of nitrogens with zero attached hydrogens (tertiary/aromatic N) is 1. The molecule has 0 saturated heterocycles. The quantitative estimate of drug-likeness (QED) is 0.292. The van der Waals surface area contributed by atoms with Crippen LogP contribution in [0.4, 0.5) is 5.69 Å². The van der Waals surface area contributed by atoms with Crippen LogP contribution in [0.5, 0.6) is 0 Å². The van der Waals surface area contributed by atoms with E-state index in [1.165, 1.54) is 33.4 Å². The highest BCUT2D eigenvalue weighted by molar-refractivity contribution is 6.15. The summed E-state index contributed by atoms with van der Waals surface area (Å²) in [7, 11) is 0. The van der Waals surface area contributed by atoms with E-state index in [1.54, 1.807) is 6.07 Å². The Bertz CT molecular complexity index is 1490. The summed E-state index contributed by atoms with van der Waals surface area (Å²) in [5.41, 5.74) is 10.3. The van der Waals surface area contributed by atoms with E-state index >= 15 is 0 Å². The third-order valence-electron chi connectivity index (χ3n) is 7.22. The molecule has 0 unspecified atom stereocenters. The largest absolute Gasteiger partial charge is 0.456 e. The fraction of sp³-hybridized carbons (Fsp3) is 0.200. The van der Waals surface area contributed by atoms with Gasteiger partial charge in [0, 0.05) is 17.2 Å². The first kappa shape index (κ1) is 21.9. The molecule has 0 aliphatic heterocycles. The van der Waals surface area contributed by atoms with Crippen LogP contribution in [0.25, 0.3) is 21.8 Å². The fourth-order valence-electron chi connectivity index (χ4n) is 4.76. The zero-order valence-corrected chi connectivity index (χ0v) is 20.2. The van der Waals surface area contributed by atoms with Crippen LogP contribution < -0.4 is 5.32 Å². The summed E-state index contributed by atoms with van der Waals surface area (Å²) in [5.74, 6) is 0.816. The zero-order chi connectivity index (χ0) is 24.0. The lowest BCUT2D eigenvalue weighted by molar-refractivity contribution is 0.0995. The molecule has 0 aliphatic carbocycles. The molecule has 0 atom stereocenters. The monoisotopic (exact) mass is 448 g/mol. The zero-order valence-electron chi connectivity index (χ0n) is 20.2. The smallest absolute Gasteiger partial charge is 0.291 e. The number of para-hydroxylation sites is 2. The highest BCUT2D eigenvalue weighted by Gasteiger charge is 2.18. The number of rotatable bonds is 4. The van der Waals surface area contributed by atoms with E-state index in [4.69, 9.17) is 9.40 Å². The Morgan fingerprint density at radius 3 is 1.85 bits per heavy atom. The Kier molecular flexibility index (Phi) is 5.45. The summed E-state index contributed by atoms with van der Waals surface area (Å²) in [4.78, 5) is 18.0. The molecule has 4 nitrogen and oxygen atoms in total. The van der Waals surface area contributed by atoms with Gasteiger partial charge in [-0.05, 0) is 92.3 Å². The van der Waals surface area contributed by atoms with Gasteiger partial charge in [-0.1, -0.05) is 36.4 Å². The van der Waals surface area contributed by atoms with E-state index in [0.717, 1.165) is 33.3 Å². The average molecular weight is 449 g/mol. The number of carbonyl (C=O) groups excluding carboxylic acids is 1. The third kappa shape index (κ3) is 3.65. The summed E-state index contributed by atoms with van der Waals surface area (Å²) in [5, 5.41) is 4.90. The lowest BCUT2D eigenvalue weighted by Gasteiger charge is -2.18. The Morgan fingerprint density at radius 1 is 0.735 bits per heavy atom. The van der Waals surface area contributed by atoms with Gasteiger partial charge in [0.1, 0.15) is 5.76 Å². The maximum absolute atomic E-state index is 13.2. The van der Waals surface area contributed by atoms with Crippen molar-refractivity contribution >= 4 is 33.4 Å². The van der Waals surface area contributed by atoms with Crippen molar-refractivity contribution < 1.29 is 9.21 Å². The molecular weight excluding hydrogens is 420 g/mol. The molecule has 5 aromatic rings. The van der Waals surface area contributed by atoms with Crippen LogP contribution >= 0.6 is 0 Å².